The number of hydrogen-bond donors (Lipinski definition) is 3. The number of esters is 1. The molecule has 0 aromatic rings. The van der Waals surface area contributed by atoms with Crippen molar-refractivity contribution in [3.8, 4) is 0 Å². The zero-order chi connectivity index (χ0) is 17.7. The van der Waals surface area contributed by atoms with Crippen LogP contribution in [-0.4, -0.2) is 52.0 Å². The Hall–Kier alpha value is -1.12. The van der Waals surface area contributed by atoms with Gasteiger partial charge in [-0.15, -0.1) is 0 Å². The molecule has 132 valence electrons. The van der Waals surface area contributed by atoms with Crippen LogP contribution in [0.25, 0.3) is 0 Å². The van der Waals surface area contributed by atoms with Gasteiger partial charge >= 0.3 is 11.9 Å². The molecule has 1 saturated carbocycles. The molecule has 0 heterocycles. The highest BCUT2D eigenvalue weighted by atomic mass is 32.2. The first kappa shape index (κ1) is 19.9. The molecule has 0 bridgehead atoms. The maximum atomic E-state index is 12.5. The van der Waals surface area contributed by atoms with E-state index in [-0.39, 0.29) is 10.5 Å². The first-order valence-corrected chi connectivity index (χ1v) is 8.72. The highest BCUT2D eigenvalue weighted by Gasteiger charge is 2.47. The maximum Gasteiger partial charge on any atom is 0.334 e. The summed E-state index contributed by atoms with van der Waals surface area (Å²) in [4.78, 5) is 35.3. The molecule has 0 aromatic carbocycles. The number of nitrogens with two attached hydrogens (primary N) is 2. The van der Waals surface area contributed by atoms with Gasteiger partial charge in [-0.1, -0.05) is 19.8 Å². The SMILES string of the molecule is CCC1(SC[C@](N)(C(=O)OC)C(=O)[C@@H](N)CC(=O)O)CCCC1. The number of ketones is 1. The first-order chi connectivity index (χ1) is 10.7. The summed E-state index contributed by atoms with van der Waals surface area (Å²) >= 11 is 1.50. The number of ether oxygens (including phenoxy) is 1. The molecule has 5 N–H and O–H groups in total. The second-order valence-corrected chi connectivity index (χ2v) is 7.51. The van der Waals surface area contributed by atoms with Crippen molar-refractivity contribution in [1.82, 2.24) is 0 Å². The Balaban J connectivity index is 2.91. The van der Waals surface area contributed by atoms with Crippen molar-refractivity contribution in [3.05, 3.63) is 0 Å². The van der Waals surface area contributed by atoms with Crippen LogP contribution in [0, 0.1) is 0 Å². The lowest BCUT2D eigenvalue weighted by atomic mass is 9.91. The summed E-state index contributed by atoms with van der Waals surface area (Å²) in [5, 5.41) is 8.78. The molecule has 0 unspecified atom stereocenters. The van der Waals surface area contributed by atoms with E-state index in [1.165, 1.54) is 11.8 Å². The fraction of sp³-hybridized carbons (Fsp3) is 0.800. The summed E-state index contributed by atoms with van der Waals surface area (Å²) in [6, 6.07) is -1.33. The molecule has 1 aliphatic rings. The van der Waals surface area contributed by atoms with Gasteiger partial charge in [0, 0.05) is 10.5 Å². The van der Waals surface area contributed by atoms with Gasteiger partial charge in [-0.25, -0.2) is 4.79 Å². The predicted molar refractivity (Wildman–Crippen MR) is 88.1 cm³/mol. The van der Waals surface area contributed by atoms with Crippen LogP contribution in [0.5, 0.6) is 0 Å². The van der Waals surface area contributed by atoms with Crippen LogP contribution in [0.15, 0.2) is 0 Å². The third-order valence-electron chi connectivity index (χ3n) is 4.49. The van der Waals surface area contributed by atoms with Crippen LogP contribution in [0.1, 0.15) is 45.4 Å². The van der Waals surface area contributed by atoms with Crippen LogP contribution in [-0.2, 0) is 19.1 Å². The molecule has 0 amide bonds. The van der Waals surface area contributed by atoms with Crippen LogP contribution < -0.4 is 11.5 Å². The number of Topliss-reactive ketones (excluding diaryl/α,β-unsaturated/α-hetero) is 1. The molecular formula is C15H26N2O5S. The minimum atomic E-state index is -1.92. The molecule has 23 heavy (non-hydrogen) atoms. The van der Waals surface area contributed by atoms with E-state index in [9.17, 15) is 14.4 Å². The fourth-order valence-corrected chi connectivity index (χ4v) is 4.49. The first-order valence-electron chi connectivity index (χ1n) is 7.73. The summed E-state index contributed by atoms with van der Waals surface area (Å²) in [6.07, 6.45) is 4.61. The highest BCUT2D eigenvalue weighted by molar-refractivity contribution is 8.00. The Morgan fingerprint density at radius 3 is 2.35 bits per heavy atom. The Bertz CT molecular complexity index is 465. The number of carbonyl (C=O) groups is 3. The molecule has 0 aromatic heterocycles. The van der Waals surface area contributed by atoms with Gasteiger partial charge in [0.05, 0.1) is 19.6 Å². The van der Waals surface area contributed by atoms with Crippen LogP contribution in [0.4, 0.5) is 0 Å². The molecule has 1 fully saturated rings. The average molecular weight is 346 g/mol. The fourth-order valence-electron chi connectivity index (χ4n) is 2.91. The van der Waals surface area contributed by atoms with Crippen molar-refractivity contribution < 1.29 is 24.2 Å². The van der Waals surface area contributed by atoms with Gasteiger partial charge in [-0.3, -0.25) is 9.59 Å². The number of carboxylic acid groups (broad SMARTS) is 1. The quantitative estimate of drug-likeness (QED) is 0.410. The molecule has 2 atom stereocenters. The maximum absolute atomic E-state index is 12.5. The molecule has 0 saturated heterocycles. The van der Waals surface area contributed by atoms with E-state index < -0.39 is 35.7 Å². The normalized spacial score (nSPS) is 20.5. The third-order valence-corrected chi connectivity index (χ3v) is 6.39. The topological polar surface area (TPSA) is 133 Å². The minimum Gasteiger partial charge on any atom is -0.481 e. The molecule has 1 rings (SSSR count). The van der Waals surface area contributed by atoms with Crippen LogP contribution in [0.3, 0.4) is 0 Å². The van der Waals surface area contributed by atoms with Gasteiger partial charge < -0.3 is 21.3 Å². The standard InChI is InChI=1S/C15H26N2O5S/c1-3-14(6-4-5-7-14)23-9-15(17,13(21)22-2)12(20)10(16)8-11(18)19/h10H,3-9,16-17H2,1-2H3,(H,18,19)/t10-,15+/m0/s1. The average Bonchev–Trinajstić information content (AvgIpc) is 2.99. The van der Waals surface area contributed by atoms with Crippen molar-refractivity contribution in [2.75, 3.05) is 12.9 Å². The molecule has 8 heteroatoms. The van der Waals surface area contributed by atoms with Gasteiger partial charge in [0.15, 0.2) is 11.3 Å². The van der Waals surface area contributed by atoms with Gasteiger partial charge in [0.25, 0.3) is 0 Å². The van der Waals surface area contributed by atoms with E-state index in [1.54, 1.807) is 0 Å². The van der Waals surface area contributed by atoms with Gasteiger partial charge in [0.1, 0.15) is 0 Å². The number of hydrogen-bond acceptors (Lipinski definition) is 7. The molecule has 1 aliphatic carbocycles. The van der Waals surface area contributed by atoms with Crippen molar-refractivity contribution in [2.45, 2.75) is 61.8 Å². The molecule has 0 spiro atoms. The van der Waals surface area contributed by atoms with E-state index in [4.69, 9.17) is 16.6 Å². The number of carbonyl (C=O) groups excluding carboxylic acids is 2. The molecular weight excluding hydrogens is 320 g/mol. The second-order valence-electron chi connectivity index (χ2n) is 6.06. The van der Waals surface area contributed by atoms with Crippen molar-refractivity contribution >= 4 is 29.5 Å². The minimum absolute atomic E-state index is 0.00974. The summed E-state index contributed by atoms with van der Waals surface area (Å²) in [5.41, 5.74) is 9.75. The summed E-state index contributed by atoms with van der Waals surface area (Å²) in [6.45, 7) is 2.08. The summed E-state index contributed by atoms with van der Waals surface area (Å²) < 4.78 is 4.68. The van der Waals surface area contributed by atoms with Crippen LogP contribution in [0.2, 0.25) is 0 Å². The highest BCUT2D eigenvalue weighted by Crippen LogP contribution is 2.45. The lowest BCUT2D eigenvalue weighted by Gasteiger charge is -2.33. The molecule has 0 aliphatic heterocycles. The summed E-state index contributed by atoms with van der Waals surface area (Å²) in [5.74, 6) is -2.84. The van der Waals surface area contributed by atoms with E-state index >= 15 is 0 Å². The zero-order valence-corrected chi connectivity index (χ0v) is 14.5. The number of methoxy groups -OCH3 is 1. The van der Waals surface area contributed by atoms with E-state index in [2.05, 4.69) is 11.7 Å². The Kier molecular flexibility index (Phi) is 7.03. The zero-order valence-electron chi connectivity index (χ0n) is 13.7. The number of carboxylic acids is 1. The smallest absolute Gasteiger partial charge is 0.334 e. The van der Waals surface area contributed by atoms with Crippen molar-refractivity contribution in [3.63, 3.8) is 0 Å². The lowest BCUT2D eigenvalue weighted by molar-refractivity contribution is -0.151. The summed E-state index contributed by atoms with van der Waals surface area (Å²) in [7, 11) is 1.15. The number of thioether (sulfide) groups is 1. The molecule has 0 radical (unpaired) electrons. The Morgan fingerprint density at radius 1 is 1.35 bits per heavy atom. The van der Waals surface area contributed by atoms with E-state index in [0.29, 0.717) is 0 Å². The Labute approximate surface area is 140 Å². The van der Waals surface area contributed by atoms with Gasteiger partial charge in [-0.2, -0.15) is 11.8 Å². The third kappa shape index (κ3) is 4.68. The van der Waals surface area contributed by atoms with E-state index in [1.807, 2.05) is 0 Å². The van der Waals surface area contributed by atoms with Crippen LogP contribution >= 0.6 is 11.8 Å². The lowest BCUT2D eigenvalue weighted by Crippen LogP contribution is -2.63. The predicted octanol–water partition coefficient (Wildman–Crippen LogP) is 0.684. The van der Waals surface area contributed by atoms with Crippen molar-refractivity contribution in [2.24, 2.45) is 11.5 Å². The van der Waals surface area contributed by atoms with Gasteiger partial charge in [-0.05, 0) is 19.3 Å². The van der Waals surface area contributed by atoms with E-state index in [0.717, 1.165) is 39.2 Å². The largest absolute Gasteiger partial charge is 0.481 e. The number of aliphatic carboxylic acids is 1. The van der Waals surface area contributed by atoms with Crippen molar-refractivity contribution in [1.29, 1.82) is 0 Å². The van der Waals surface area contributed by atoms with Gasteiger partial charge in [0.2, 0.25) is 0 Å². The Morgan fingerprint density at radius 2 is 1.91 bits per heavy atom. The monoisotopic (exact) mass is 346 g/mol. The number of rotatable bonds is 9. The second kappa shape index (κ2) is 8.12. The molecule has 7 nitrogen and oxygen atoms in total.